The molecule has 4 atom stereocenters. The molecule has 3 fully saturated rings. The molecule has 17 heavy (non-hydrogen) atoms. The van der Waals surface area contributed by atoms with E-state index in [0.717, 1.165) is 18.7 Å². The summed E-state index contributed by atoms with van der Waals surface area (Å²) in [4.78, 5) is 2.42. The van der Waals surface area contributed by atoms with Crippen LogP contribution in [0.1, 0.15) is 38.5 Å². The molecule has 3 rings (SSSR count). The van der Waals surface area contributed by atoms with Gasteiger partial charge in [0.2, 0.25) is 0 Å². The van der Waals surface area contributed by atoms with Crippen LogP contribution < -0.4 is 0 Å². The fraction of sp³-hybridized carbons (Fsp3) is 0.923. The van der Waals surface area contributed by atoms with E-state index >= 15 is 0 Å². The van der Waals surface area contributed by atoms with Crippen LogP contribution in [0.4, 0.5) is 0 Å². The number of rotatable bonds is 2. The van der Waals surface area contributed by atoms with Gasteiger partial charge in [0.1, 0.15) is 0 Å². The Balaban J connectivity index is 1.82. The van der Waals surface area contributed by atoms with E-state index in [1.54, 1.807) is 0 Å². The van der Waals surface area contributed by atoms with Crippen LogP contribution in [-0.2, 0) is 0 Å². The number of aliphatic hydroxyl groups excluding tert-OH is 1. The Morgan fingerprint density at radius 1 is 1.24 bits per heavy atom. The molecule has 0 aromatic rings. The van der Waals surface area contributed by atoms with Crippen molar-refractivity contribution >= 4 is 5.71 Å². The van der Waals surface area contributed by atoms with Gasteiger partial charge in [0.25, 0.3) is 0 Å². The van der Waals surface area contributed by atoms with Crippen molar-refractivity contribution in [2.75, 3.05) is 13.2 Å². The van der Waals surface area contributed by atoms with Gasteiger partial charge in [-0.1, -0.05) is 11.6 Å². The van der Waals surface area contributed by atoms with Gasteiger partial charge in [0.15, 0.2) is 0 Å². The second-order valence-electron chi connectivity index (χ2n) is 5.81. The molecule has 0 amide bonds. The van der Waals surface area contributed by atoms with Crippen molar-refractivity contribution < 1.29 is 10.3 Å². The zero-order valence-electron chi connectivity index (χ0n) is 10.3. The highest BCUT2D eigenvalue weighted by atomic mass is 16.4. The molecule has 0 aromatic carbocycles. The molecule has 2 saturated carbocycles. The molecule has 3 aliphatic rings. The molecule has 1 heterocycles. The molecule has 0 spiro atoms. The summed E-state index contributed by atoms with van der Waals surface area (Å²) in [5.74, 6) is 1.18. The summed E-state index contributed by atoms with van der Waals surface area (Å²) in [6.07, 6.45) is 7.17. The summed E-state index contributed by atoms with van der Waals surface area (Å²) >= 11 is 0. The highest BCUT2D eigenvalue weighted by Gasteiger charge is 2.49. The Morgan fingerprint density at radius 2 is 2.12 bits per heavy atom. The van der Waals surface area contributed by atoms with Crippen molar-refractivity contribution in [3.8, 4) is 0 Å². The Bertz CT molecular complexity index is 319. The van der Waals surface area contributed by atoms with Gasteiger partial charge < -0.3 is 10.3 Å². The Morgan fingerprint density at radius 3 is 2.88 bits per heavy atom. The lowest BCUT2D eigenvalue weighted by atomic mass is 9.89. The van der Waals surface area contributed by atoms with Gasteiger partial charge in [0, 0.05) is 12.0 Å². The van der Waals surface area contributed by atoms with E-state index in [1.165, 1.54) is 32.1 Å². The van der Waals surface area contributed by atoms with Crippen LogP contribution in [0.3, 0.4) is 0 Å². The van der Waals surface area contributed by atoms with Crippen molar-refractivity contribution in [2.24, 2.45) is 17.0 Å². The predicted octanol–water partition coefficient (Wildman–Crippen LogP) is 1.46. The number of aliphatic hydroxyl groups is 1. The van der Waals surface area contributed by atoms with E-state index in [2.05, 4.69) is 10.1 Å². The number of piperidine rings is 1. The van der Waals surface area contributed by atoms with E-state index in [0.29, 0.717) is 17.9 Å². The predicted molar refractivity (Wildman–Crippen MR) is 65.3 cm³/mol. The molecule has 2 N–H and O–H groups in total. The van der Waals surface area contributed by atoms with E-state index in [1.807, 2.05) is 0 Å². The number of hydrogen-bond acceptors (Lipinski definition) is 4. The van der Waals surface area contributed by atoms with Crippen LogP contribution in [0, 0.1) is 11.8 Å². The summed E-state index contributed by atoms with van der Waals surface area (Å²) in [5.41, 5.74) is 1.00. The molecular weight excluding hydrogens is 216 g/mol. The number of nitrogens with zero attached hydrogens (tertiary/aromatic N) is 2. The largest absolute Gasteiger partial charge is 0.411 e. The highest BCUT2D eigenvalue weighted by Crippen LogP contribution is 2.46. The molecule has 0 radical (unpaired) electrons. The van der Waals surface area contributed by atoms with Crippen LogP contribution in [0.5, 0.6) is 0 Å². The summed E-state index contributed by atoms with van der Waals surface area (Å²) in [7, 11) is 0. The standard InChI is InChI=1S/C13H22N2O2/c16-8-11-3-1-2-6-15(11)13-10-5-4-9(7-10)12(13)14-17/h9-11,13,16-17H,1-8H2/b14-12-/t9-,10-,11+,13+/m0/s1. The van der Waals surface area contributed by atoms with Crippen molar-refractivity contribution in [1.82, 2.24) is 4.90 Å². The average molecular weight is 238 g/mol. The average Bonchev–Trinajstić information content (AvgIpc) is 2.98. The minimum absolute atomic E-state index is 0.243. The summed E-state index contributed by atoms with van der Waals surface area (Å²) in [5, 5.41) is 22.3. The molecule has 1 saturated heterocycles. The second kappa shape index (κ2) is 4.58. The minimum Gasteiger partial charge on any atom is -0.411 e. The fourth-order valence-electron chi connectivity index (χ4n) is 4.22. The van der Waals surface area contributed by atoms with Gasteiger partial charge >= 0.3 is 0 Å². The zero-order valence-corrected chi connectivity index (χ0v) is 10.3. The van der Waals surface area contributed by atoms with Gasteiger partial charge in [-0.15, -0.1) is 0 Å². The highest BCUT2D eigenvalue weighted by molar-refractivity contribution is 5.94. The first-order chi connectivity index (χ1) is 8.35. The van der Waals surface area contributed by atoms with Crippen molar-refractivity contribution in [3.05, 3.63) is 0 Å². The van der Waals surface area contributed by atoms with Crippen LogP contribution >= 0.6 is 0 Å². The topological polar surface area (TPSA) is 56.1 Å². The monoisotopic (exact) mass is 238 g/mol. The van der Waals surface area contributed by atoms with Gasteiger partial charge in [-0.25, -0.2) is 0 Å². The summed E-state index contributed by atoms with van der Waals surface area (Å²) < 4.78 is 0. The molecule has 0 unspecified atom stereocenters. The van der Waals surface area contributed by atoms with Crippen molar-refractivity contribution in [2.45, 2.75) is 50.6 Å². The Labute approximate surface area is 102 Å². The van der Waals surface area contributed by atoms with Gasteiger partial charge in [-0.3, -0.25) is 4.90 Å². The molecule has 96 valence electrons. The van der Waals surface area contributed by atoms with Crippen molar-refractivity contribution in [3.63, 3.8) is 0 Å². The number of hydrogen-bond donors (Lipinski definition) is 2. The molecule has 2 bridgehead atoms. The molecular formula is C13H22N2O2. The molecule has 2 aliphatic carbocycles. The maximum absolute atomic E-state index is 9.51. The SMILES string of the molecule is OC[C@H]1CCCCN1[C@H]1/C(=N\O)[C@H]2CC[C@H]1C2. The lowest BCUT2D eigenvalue weighted by Gasteiger charge is -2.42. The molecule has 4 heteroatoms. The Hall–Kier alpha value is -0.610. The first-order valence-corrected chi connectivity index (χ1v) is 6.93. The zero-order chi connectivity index (χ0) is 11.8. The second-order valence-corrected chi connectivity index (χ2v) is 5.81. The fourth-order valence-corrected chi connectivity index (χ4v) is 4.22. The van der Waals surface area contributed by atoms with Crippen LogP contribution in [0.25, 0.3) is 0 Å². The van der Waals surface area contributed by atoms with Crippen LogP contribution in [0.15, 0.2) is 5.16 Å². The third-order valence-corrected chi connectivity index (χ3v) is 5.00. The normalized spacial score (nSPS) is 44.6. The third-order valence-electron chi connectivity index (χ3n) is 5.00. The molecule has 0 aromatic heterocycles. The maximum Gasteiger partial charge on any atom is 0.0775 e. The van der Waals surface area contributed by atoms with E-state index < -0.39 is 0 Å². The summed E-state index contributed by atoms with van der Waals surface area (Å²) in [6.45, 7) is 1.30. The van der Waals surface area contributed by atoms with E-state index in [4.69, 9.17) is 0 Å². The number of fused-ring (bicyclic) bond motifs is 2. The lowest BCUT2D eigenvalue weighted by Crippen LogP contribution is -2.53. The minimum atomic E-state index is 0.243. The number of oxime groups is 1. The summed E-state index contributed by atoms with van der Waals surface area (Å²) in [6, 6.07) is 0.598. The van der Waals surface area contributed by atoms with Gasteiger partial charge in [-0.2, -0.15) is 0 Å². The van der Waals surface area contributed by atoms with Gasteiger partial charge in [-0.05, 0) is 44.6 Å². The van der Waals surface area contributed by atoms with Crippen LogP contribution in [-0.4, -0.2) is 46.2 Å². The van der Waals surface area contributed by atoms with Crippen LogP contribution in [0.2, 0.25) is 0 Å². The maximum atomic E-state index is 9.51. The van der Waals surface area contributed by atoms with E-state index in [9.17, 15) is 10.3 Å². The van der Waals surface area contributed by atoms with Crippen molar-refractivity contribution in [1.29, 1.82) is 0 Å². The lowest BCUT2D eigenvalue weighted by molar-refractivity contribution is 0.0573. The molecule has 1 aliphatic heterocycles. The van der Waals surface area contributed by atoms with E-state index in [-0.39, 0.29) is 12.6 Å². The number of likely N-dealkylation sites (tertiary alicyclic amines) is 1. The first kappa shape index (κ1) is 11.5. The Kier molecular flexibility index (Phi) is 3.09. The quantitative estimate of drug-likeness (QED) is 0.565. The van der Waals surface area contributed by atoms with Gasteiger partial charge in [0.05, 0.1) is 18.4 Å². The molecule has 4 nitrogen and oxygen atoms in total. The first-order valence-electron chi connectivity index (χ1n) is 6.93. The third kappa shape index (κ3) is 1.78. The smallest absolute Gasteiger partial charge is 0.0775 e.